The van der Waals surface area contributed by atoms with Crippen LogP contribution < -0.4 is 10.5 Å². The molecule has 0 saturated heterocycles. The van der Waals surface area contributed by atoms with Gasteiger partial charge in [-0.05, 0) is 62.3 Å². The maximum Gasteiger partial charge on any atom is 0.246 e. The molecule has 1 aliphatic carbocycles. The zero-order valence-corrected chi connectivity index (χ0v) is 18.8. The minimum Gasteiger partial charge on any atom is -0.481 e. The number of oxazole rings is 1. The second kappa shape index (κ2) is 10.6. The third-order valence-corrected chi connectivity index (χ3v) is 5.21. The van der Waals surface area contributed by atoms with Crippen molar-refractivity contribution < 1.29 is 9.15 Å². The SMILES string of the molecule is CCC.COc1nc(-c2nc3ccc(CCC4CC4)cc3o2)ccc1CC[C@H](C)N. The highest BCUT2D eigenvalue weighted by atomic mass is 16.5. The zero-order chi connectivity index (χ0) is 21.5. The Morgan fingerprint density at radius 2 is 1.90 bits per heavy atom. The molecule has 5 heteroatoms. The van der Waals surface area contributed by atoms with Crippen molar-refractivity contribution in [3.05, 3.63) is 41.5 Å². The van der Waals surface area contributed by atoms with Crippen molar-refractivity contribution in [2.24, 2.45) is 11.7 Å². The summed E-state index contributed by atoms with van der Waals surface area (Å²) in [6.07, 6.45) is 8.14. The second-order valence-electron chi connectivity index (χ2n) is 8.39. The fourth-order valence-corrected chi connectivity index (χ4v) is 3.35. The second-order valence-corrected chi connectivity index (χ2v) is 8.39. The van der Waals surface area contributed by atoms with Gasteiger partial charge < -0.3 is 14.9 Å². The summed E-state index contributed by atoms with van der Waals surface area (Å²) in [7, 11) is 1.64. The maximum atomic E-state index is 6.01. The van der Waals surface area contributed by atoms with Crippen LogP contribution in [0.2, 0.25) is 0 Å². The molecule has 162 valence electrons. The number of pyridine rings is 1. The molecule has 1 aromatic carbocycles. The first-order valence-electron chi connectivity index (χ1n) is 11.2. The highest BCUT2D eigenvalue weighted by Gasteiger charge is 2.20. The highest BCUT2D eigenvalue weighted by Crippen LogP contribution is 2.34. The van der Waals surface area contributed by atoms with E-state index in [4.69, 9.17) is 14.9 Å². The Morgan fingerprint density at radius 1 is 1.13 bits per heavy atom. The molecule has 0 radical (unpaired) electrons. The van der Waals surface area contributed by atoms with Crippen molar-refractivity contribution in [1.29, 1.82) is 0 Å². The quantitative estimate of drug-likeness (QED) is 0.498. The number of aromatic nitrogens is 2. The Kier molecular flexibility index (Phi) is 7.86. The minimum atomic E-state index is 0.153. The molecule has 2 aromatic heterocycles. The summed E-state index contributed by atoms with van der Waals surface area (Å²) in [4.78, 5) is 9.21. The van der Waals surface area contributed by atoms with Crippen LogP contribution in [-0.4, -0.2) is 23.1 Å². The number of rotatable bonds is 8. The van der Waals surface area contributed by atoms with Crippen molar-refractivity contribution in [1.82, 2.24) is 9.97 Å². The predicted molar refractivity (Wildman–Crippen MR) is 123 cm³/mol. The topological polar surface area (TPSA) is 74.2 Å². The normalized spacial score (nSPS) is 14.3. The van der Waals surface area contributed by atoms with Gasteiger partial charge in [-0.15, -0.1) is 0 Å². The Hall–Kier alpha value is -2.40. The van der Waals surface area contributed by atoms with Crippen LogP contribution in [0.5, 0.6) is 5.88 Å². The number of hydrogen-bond donors (Lipinski definition) is 1. The van der Waals surface area contributed by atoms with Gasteiger partial charge in [-0.1, -0.05) is 45.2 Å². The summed E-state index contributed by atoms with van der Waals surface area (Å²) >= 11 is 0. The molecular formula is C25H35N3O2. The van der Waals surface area contributed by atoms with Crippen LogP contribution in [0.25, 0.3) is 22.7 Å². The maximum absolute atomic E-state index is 6.01. The lowest BCUT2D eigenvalue weighted by atomic mass is 10.1. The first-order chi connectivity index (χ1) is 14.5. The standard InChI is InChI=1S/C22H27N3O2.C3H8/c1-14(23)3-9-17-10-12-19(25-21(17)26-2)22-24-18-11-8-16(13-20(18)27-22)7-6-15-4-5-15;1-3-2/h8,10-15H,3-7,9,23H2,1-2H3;3H2,1-2H3/t14-;/m0./s1. The van der Waals surface area contributed by atoms with Crippen LogP contribution in [0.1, 0.15) is 64.0 Å². The van der Waals surface area contributed by atoms with E-state index in [0.29, 0.717) is 17.5 Å². The van der Waals surface area contributed by atoms with Gasteiger partial charge in [0.15, 0.2) is 5.58 Å². The summed E-state index contributed by atoms with van der Waals surface area (Å²) in [6.45, 7) is 6.26. The summed E-state index contributed by atoms with van der Waals surface area (Å²) in [5.74, 6) is 2.07. The molecule has 30 heavy (non-hydrogen) atoms. The molecule has 0 amide bonds. The van der Waals surface area contributed by atoms with Gasteiger partial charge in [0.05, 0.1) is 7.11 Å². The number of nitrogens with zero attached hydrogens (tertiary/aromatic N) is 2. The largest absolute Gasteiger partial charge is 0.481 e. The molecular weight excluding hydrogens is 374 g/mol. The average molecular weight is 410 g/mol. The third kappa shape index (κ3) is 6.05. The van der Waals surface area contributed by atoms with Gasteiger partial charge in [0.1, 0.15) is 11.2 Å². The third-order valence-electron chi connectivity index (χ3n) is 5.21. The number of benzene rings is 1. The molecule has 3 aromatic rings. The van der Waals surface area contributed by atoms with E-state index in [-0.39, 0.29) is 6.04 Å². The number of methoxy groups -OCH3 is 1. The fraction of sp³-hybridized carbons (Fsp3) is 0.520. The Labute approximate surface area is 180 Å². The molecule has 2 N–H and O–H groups in total. The van der Waals surface area contributed by atoms with Gasteiger partial charge in [0, 0.05) is 11.6 Å². The molecule has 0 spiro atoms. The Morgan fingerprint density at radius 3 is 2.57 bits per heavy atom. The fourth-order valence-electron chi connectivity index (χ4n) is 3.35. The van der Waals surface area contributed by atoms with E-state index >= 15 is 0 Å². The number of nitrogens with two attached hydrogens (primary N) is 1. The van der Waals surface area contributed by atoms with Crippen LogP contribution in [0.4, 0.5) is 0 Å². The van der Waals surface area contributed by atoms with E-state index in [9.17, 15) is 0 Å². The van der Waals surface area contributed by atoms with E-state index < -0.39 is 0 Å². The monoisotopic (exact) mass is 409 g/mol. The zero-order valence-electron chi connectivity index (χ0n) is 18.8. The van der Waals surface area contributed by atoms with Crippen molar-refractivity contribution in [2.75, 3.05) is 7.11 Å². The van der Waals surface area contributed by atoms with Crippen LogP contribution in [0, 0.1) is 5.92 Å². The molecule has 0 aliphatic heterocycles. The van der Waals surface area contributed by atoms with Crippen molar-refractivity contribution >= 4 is 11.1 Å². The first kappa shape index (κ1) is 22.3. The van der Waals surface area contributed by atoms with Gasteiger partial charge >= 0.3 is 0 Å². The van der Waals surface area contributed by atoms with Crippen LogP contribution in [0.15, 0.2) is 34.7 Å². The lowest BCUT2D eigenvalue weighted by molar-refractivity contribution is 0.391. The lowest BCUT2D eigenvalue weighted by Gasteiger charge is -2.09. The van der Waals surface area contributed by atoms with E-state index in [1.54, 1.807) is 7.11 Å². The molecule has 5 nitrogen and oxygen atoms in total. The molecule has 1 fully saturated rings. The van der Waals surface area contributed by atoms with E-state index in [2.05, 4.69) is 35.9 Å². The van der Waals surface area contributed by atoms with Crippen LogP contribution >= 0.6 is 0 Å². The summed E-state index contributed by atoms with van der Waals surface area (Å²) < 4.78 is 11.5. The van der Waals surface area contributed by atoms with Crippen molar-refractivity contribution in [2.45, 2.75) is 71.8 Å². The van der Waals surface area contributed by atoms with Crippen LogP contribution in [0.3, 0.4) is 0 Å². The van der Waals surface area contributed by atoms with E-state index in [1.807, 2.05) is 25.1 Å². The smallest absolute Gasteiger partial charge is 0.246 e. The Bertz CT molecular complexity index is 945. The van der Waals surface area contributed by atoms with Gasteiger partial charge in [-0.2, -0.15) is 0 Å². The average Bonchev–Trinajstić information content (AvgIpc) is 3.47. The molecule has 4 rings (SSSR count). The van der Waals surface area contributed by atoms with E-state index in [1.165, 1.54) is 31.2 Å². The predicted octanol–water partition coefficient (Wildman–Crippen LogP) is 5.94. The Balaban J connectivity index is 0.000000806. The number of ether oxygens (including phenoxy) is 1. The first-order valence-corrected chi connectivity index (χ1v) is 11.2. The number of aryl methyl sites for hydroxylation is 2. The van der Waals surface area contributed by atoms with E-state index in [0.717, 1.165) is 41.8 Å². The lowest BCUT2D eigenvalue weighted by Crippen LogP contribution is -2.15. The van der Waals surface area contributed by atoms with Gasteiger partial charge in [0.2, 0.25) is 11.8 Å². The highest BCUT2D eigenvalue weighted by molar-refractivity contribution is 5.76. The molecule has 0 bridgehead atoms. The van der Waals surface area contributed by atoms with Gasteiger partial charge in [0.25, 0.3) is 0 Å². The van der Waals surface area contributed by atoms with Crippen molar-refractivity contribution in [3.63, 3.8) is 0 Å². The summed E-state index contributed by atoms with van der Waals surface area (Å²) in [6, 6.07) is 10.4. The molecule has 2 heterocycles. The molecule has 0 unspecified atom stereocenters. The van der Waals surface area contributed by atoms with Crippen LogP contribution in [-0.2, 0) is 12.8 Å². The molecule has 1 saturated carbocycles. The molecule has 1 aliphatic rings. The minimum absolute atomic E-state index is 0.153. The number of fused-ring (bicyclic) bond motifs is 1. The van der Waals surface area contributed by atoms with Crippen molar-refractivity contribution in [3.8, 4) is 17.5 Å². The van der Waals surface area contributed by atoms with Gasteiger partial charge in [-0.3, -0.25) is 0 Å². The summed E-state index contributed by atoms with van der Waals surface area (Å²) in [5, 5.41) is 0. The molecule has 1 atom stereocenters. The van der Waals surface area contributed by atoms with Gasteiger partial charge in [-0.25, -0.2) is 9.97 Å². The summed E-state index contributed by atoms with van der Waals surface area (Å²) in [5.41, 5.74) is 10.6. The number of hydrogen-bond acceptors (Lipinski definition) is 5.